The second-order valence-corrected chi connectivity index (χ2v) is 5.35. The van der Waals surface area contributed by atoms with Crippen LogP contribution < -0.4 is 11.1 Å². The van der Waals surface area contributed by atoms with E-state index in [1.54, 1.807) is 7.11 Å². The molecule has 0 aliphatic carbocycles. The molecule has 0 radical (unpaired) electrons. The smallest absolute Gasteiger partial charge is 0.188 e. The average Bonchev–Trinajstić information content (AvgIpc) is 2.39. The Morgan fingerprint density at radius 2 is 2.00 bits per heavy atom. The fraction of sp³-hybridized carbons (Fsp3) is 0.923. The van der Waals surface area contributed by atoms with Gasteiger partial charge < -0.3 is 25.6 Å². The van der Waals surface area contributed by atoms with Gasteiger partial charge in [0.05, 0.1) is 6.61 Å². The number of nitrogens with zero attached hydrogens (tertiary/aromatic N) is 3. The van der Waals surface area contributed by atoms with E-state index in [1.165, 1.54) is 0 Å². The Morgan fingerprint density at radius 3 is 2.60 bits per heavy atom. The molecular formula is C13H30IN5O. The number of halogens is 1. The molecule has 1 saturated heterocycles. The van der Waals surface area contributed by atoms with Crippen molar-refractivity contribution in [2.75, 3.05) is 66.6 Å². The van der Waals surface area contributed by atoms with Crippen LogP contribution in [-0.2, 0) is 4.74 Å². The molecule has 0 spiro atoms. The van der Waals surface area contributed by atoms with E-state index >= 15 is 0 Å². The lowest BCUT2D eigenvalue weighted by atomic mass is 10.1. The molecule has 0 amide bonds. The topological polar surface area (TPSA) is 66.1 Å². The Hall–Kier alpha value is -0.120. The second kappa shape index (κ2) is 11.5. The number of rotatable bonds is 7. The Kier molecular flexibility index (Phi) is 11.5. The highest BCUT2D eigenvalue weighted by atomic mass is 127. The van der Waals surface area contributed by atoms with Crippen molar-refractivity contribution in [3.63, 3.8) is 0 Å². The Balaban J connectivity index is 0.00000361. The van der Waals surface area contributed by atoms with Crippen molar-refractivity contribution < 1.29 is 4.74 Å². The molecule has 1 unspecified atom stereocenters. The maximum absolute atomic E-state index is 5.78. The van der Waals surface area contributed by atoms with Gasteiger partial charge in [0.15, 0.2) is 5.96 Å². The quantitative estimate of drug-likeness (QED) is 0.274. The summed E-state index contributed by atoms with van der Waals surface area (Å²) in [5.41, 5.74) is 5.78. The third kappa shape index (κ3) is 8.93. The molecule has 20 heavy (non-hydrogen) atoms. The highest BCUT2D eigenvalue weighted by Gasteiger charge is 2.15. The van der Waals surface area contributed by atoms with Gasteiger partial charge in [0, 0.05) is 52.9 Å². The number of aliphatic imine (C=N–C) groups is 1. The fourth-order valence-corrected chi connectivity index (χ4v) is 2.12. The normalized spacial score (nSPS) is 19.4. The van der Waals surface area contributed by atoms with Crippen LogP contribution in [-0.4, -0.2) is 82.3 Å². The van der Waals surface area contributed by atoms with Gasteiger partial charge in [-0.3, -0.25) is 4.99 Å². The average molecular weight is 399 g/mol. The van der Waals surface area contributed by atoms with Gasteiger partial charge in [-0.2, -0.15) is 0 Å². The monoisotopic (exact) mass is 399 g/mol. The third-order valence-corrected chi connectivity index (χ3v) is 3.35. The van der Waals surface area contributed by atoms with Gasteiger partial charge in [-0.25, -0.2) is 0 Å². The lowest BCUT2D eigenvalue weighted by Gasteiger charge is -2.33. The van der Waals surface area contributed by atoms with E-state index in [0.29, 0.717) is 25.0 Å². The van der Waals surface area contributed by atoms with Gasteiger partial charge in [-0.1, -0.05) is 6.92 Å². The predicted octanol–water partition coefficient (Wildman–Crippen LogP) is 0.0386. The molecule has 1 atom stereocenters. The largest absolute Gasteiger partial charge is 0.383 e. The Bertz CT molecular complexity index is 269. The van der Waals surface area contributed by atoms with Crippen LogP contribution >= 0.6 is 24.0 Å². The summed E-state index contributed by atoms with van der Waals surface area (Å²) in [6.45, 7) is 10.1. The summed E-state index contributed by atoms with van der Waals surface area (Å²) in [5, 5.41) is 3.03. The number of nitrogens with two attached hydrogens (primary N) is 1. The Labute approximate surface area is 140 Å². The summed E-state index contributed by atoms with van der Waals surface area (Å²) >= 11 is 0. The van der Waals surface area contributed by atoms with Crippen molar-refractivity contribution in [2.24, 2.45) is 16.6 Å². The molecule has 0 aromatic heterocycles. The molecular weight excluding hydrogens is 369 g/mol. The van der Waals surface area contributed by atoms with E-state index in [2.05, 4.69) is 34.1 Å². The van der Waals surface area contributed by atoms with Gasteiger partial charge in [0.1, 0.15) is 0 Å². The molecule has 0 aromatic rings. The first kappa shape index (κ1) is 19.9. The molecule has 1 aliphatic rings. The highest BCUT2D eigenvalue weighted by molar-refractivity contribution is 14.0. The van der Waals surface area contributed by atoms with Crippen LogP contribution in [0.15, 0.2) is 4.99 Å². The maximum Gasteiger partial charge on any atom is 0.188 e. The standard InChI is InChI=1S/C13H29N5O.HI/c1-12(10-16-13(14)15-4-9-19-3)11-18-7-5-17(2)6-8-18;/h12H,4-11H2,1-3H3,(H3,14,15,16);1H. The van der Waals surface area contributed by atoms with E-state index in [9.17, 15) is 0 Å². The van der Waals surface area contributed by atoms with Crippen molar-refractivity contribution in [1.29, 1.82) is 0 Å². The predicted molar refractivity (Wildman–Crippen MR) is 94.9 cm³/mol. The van der Waals surface area contributed by atoms with Crippen LogP contribution in [0.4, 0.5) is 0 Å². The summed E-state index contributed by atoms with van der Waals surface area (Å²) in [7, 11) is 3.85. The number of likely N-dealkylation sites (N-methyl/N-ethyl adjacent to an activating group) is 1. The van der Waals surface area contributed by atoms with E-state index in [1.807, 2.05) is 0 Å². The van der Waals surface area contributed by atoms with Crippen LogP contribution in [0, 0.1) is 5.92 Å². The zero-order valence-corrected chi connectivity index (χ0v) is 15.3. The summed E-state index contributed by atoms with van der Waals surface area (Å²) in [6, 6.07) is 0. The van der Waals surface area contributed by atoms with Gasteiger partial charge in [0.2, 0.25) is 0 Å². The molecule has 0 aromatic carbocycles. The minimum absolute atomic E-state index is 0. The molecule has 7 heteroatoms. The van der Waals surface area contributed by atoms with E-state index in [-0.39, 0.29) is 24.0 Å². The zero-order chi connectivity index (χ0) is 14.1. The molecule has 1 heterocycles. The summed E-state index contributed by atoms with van der Waals surface area (Å²) < 4.78 is 4.94. The van der Waals surface area contributed by atoms with E-state index in [0.717, 1.165) is 39.3 Å². The fourth-order valence-electron chi connectivity index (χ4n) is 2.12. The summed E-state index contributed by atoms with van der Waals surface area (Å²) in [6.07, 6.45) is 0. The first-order chi connectivity index (χ1) is 9.11. The van der Waals surface area contributed by atoms with Gasteiger partial charge >= 0.3 is 0 Å². The van der Waals surface area contributed by atoms with Crippen LogP contribution in [0.3, 0.4) is 0 Å². The first-order valence-electron chi connectivity index (χ1n) is 7.05. The minimum atomic E-state index is 0. The van der Waals surface area contributed by atoms with Crippen LogP contribution in [0.1, 0.15) is 6.92 Å². The minimum Gasteiger partial charge on any atom is -0.383 e. The highest BCUT2D eigenvalue weighted by Crippen LogP contribution is 2.04. The number of hydrogen-bond acceptors (Lipinski definition) is 4. The zero-order valence-electron chi connectivity index (χ0n) is 13.0. The SMILES string of the molecule is COCCNC(N)=NCC(C)CN1CCN(C)CC1.I. The molecule has 1 rings (SSSR count). The summed E-state index contributed by atoms with van der Waals surface area (Å²) in [4.78, 5) is 9.25. The first-order valence-corrected chi connectivity index (χ1v) is 7.05. The van der Waals surface area contributed by atoms with Crippen molar-refractivity contribution in [3.8, 4) is 0 Å². The second-order valence-electron chi connectivity index (χ2n) is 5.35. The number of ether oxygens (including phenoxy) is 1. The van der Waals surface area contributed by atoms with Gasteiger partial charge in [-0.05, 0) is 13.0 Å². The molecule has 0 saturated carbocycles. The van der Waals surface area contributed by atoms with Gasteiger partial charge in [-0.15, -0.1) is 24.0 Å². The number of hydrogen-bond donors (Lipinski definition) is 2. The van der Waals surface area contributed by atoms with E-state index < -0.39 is 0 Å². The van der Waals surface area contributed by atoms with Crippen LogP contribution in [0.25, 0.3) is 0 Å². The maximum atomic E-state index is 5.78. The van der Waals surface area contributed by atoms with Crippen molar-refractivity contribution in [2.45, 2.75) is 6.92 Å². The number of guanidine groups is 1. The molecule has 3 N–H and O–H groups in total. The molecule has 1 aliphatic heterocycles. The van der Waals surface area contributed by atoms with Crippen molar-refractivity contribution in [3.05, 3.63) is 0 Å². The van der Waals surface area contributed by atoms with Gasteiger partial charge in [0.25, 0.3) is 0 Å². The molecule has 0 bridgehead atoms. The lowest BCUT2D eigenvalue weighted by Crippen LogP contribution is -2.46. The van der Waals surface area contributed by atoms with E-state index in [4.69, 9.17) is 10.5 Å². The lowest BCUT2D eigenvalue weighted by molar-refractivity contribution is 0.140. The summed E-state index contributed by atoms with van der Waals surface area (Å²) in [5.74, 6) is 1.05. The van der Waals surface area contributed by atoms with Crippen molar-refractivity contribution in [1.82, 2.24) is 15.1 Å². The number of nitrogens with one attached hydrogen (secondary N) is 1. The number of piperazine rings is 1. The Morgan fingerprint density at radius 1 is 1.35 bits per heavy atom. The molecule has 6 nitrogen and oxygen atoms in total. The van der Waals surface area contributed by atoms with Crippen LogP contribution in [0.2, 0.25) is 0 Å². The van der Waals surface area contributed by atoms with Crippen molar-refractivity contribution >= 4 is 29.9 Å². The molecule has 1 fully saturated rings. The number of methoxy groups -OCH3 is 1. The van der Waals surface area contributed by atoms with Crippen LogP contribution in [0.5, 0.6) is 0 Å². The third-order valence-electron chi connectivity index (χ3n) is 3.35. The molecule has 120 valence electrons.